The van der Waals surface area contributed by atoms with Gasteiger partial charge in [-0.3, -0.25) is 14.4 Å². The van der Waals surface area contributed by atoms with Crippen LogP contribution in [0.5, 0.6) is 0 Å². The van der Waals surface area contributed by atoms with E-state index in [9.17, 15) is 14.4 Å². The zero-order chi connectivity index (χ0) is 22.8. The number of nitrogens with zero attached hydrogens (tertiary/aromatic N) is 1. The molecule has 0 aliphatic carbocycles. The number of nitrogens with one attached hydrogen (secondary N) is 3. The molecule has 0 bridgehead atoms. The Kier molecular flexibility index (Phi) is 9.21. The lowest BCUT2D eigenvalue weighted by molar-refractivity contribution is -0.904. The van der Waals surface area contributed by atoms with Gasteiger partial charge in [0.15, 0.2) is 12.6 Å². The molecule has 7 heteroatoms. The fourth-order valence-electron chi connectivity index (χ4n) is 3.43. The largest absolute Gasteiger partial charge is 0.334 e. The third kappa shape index (κ3) is 7.53. The van der Waals surface area contributed by atoms with Crippen LogP contribution in [0, 0.1) is 0 Å². The minimum absolute atomic E-state index is 0.0377. The van der Waals surface area contributed by atoms with E-state index in [1.807, 2.05) is 56.0 Å². The molecule has 0 heterocycles. The molecule has 0 aliphatic rings. The maximum atomic E-state index is 13.1. The molecule has 2 atom stereocenters. The summed E-state index contributed by atoms with van der Waals surface area (Å²) < 4.78 is 0. The van der Waals surface area contributed by atoms with E-state index >= 15 is 0 Å². The maximum absolute atomic E-state index is 13.1. The van der Waals surface area contributed by atoms with Crippen molar-refractivity contribution in [1.82, 2.24) is 4.90 Å². The van der Waals surface area contributed by atoms with Gasteiger partial charge in [0.05, 0.1) is 6.54 Å². The summed E-state index contributed by atoms with van der Waals surface area (Å²) in [5.74, 6) is -0.267. The Morgan fingerprint density at radius 3 is 2.03 bits per heavy atom. The van der Waals surface area contributed by atoms with Crippen LogP contribution in [0.15, 0.2) is 54.6 Å². The molecule has 0 saturated carbocycles. The second-order valence-corrected chi connectivity index (χ2v) is 7.55. The van der Waals surface area contributed by atoms with Gasteiger partial charge in [0.25, 0.3) is 11.8 Å². The van der Waals surface area contributed by atoms with Gasteiger partial charge in [0, 0.05) is 31.4 Å². The summed E-state index contributed by atoms with van der Waals surface area (Å²) in [5.41, 5.74) is 2.40. The monoisotopic (exact) mass is 425 g/mol. The summed E-state index contributed by atoms with van der Waals surface area (Å²) in [6, 6.07) is 16.5. The van der Waals surface area contributed by atoms with Crippen LogP contribution in [-0.4, -0.2) is 48.3 Å². The number of carbonyl (C=O) groups excluding carboxylic acids is 3. The van der Waals surface area contributed by atoms with E-state index in [-0.39, 0.29) is 30.3 Å². The first-order valence-electron chi connectivity index (χ1n) is 10.7. The molecule has 1 unspecified atom stereocenters. The van der Waals surface area contributed by atoms with Crippen molar-refractivity contribution in [2.45, 2.75) is 40.3 Å². The average molecular weight is 426 g/mol. The summed E-state index contributed by atoms with van der Waals surface area (Å²) in [7, 11) is 0. The number of amides is 3. The molecular formula is C24H33N4O3+. The predicted molar refractivity (Wildman–Crippen MR) is 123 cm³/mol. The third-order valence-corrected chi connectivity index (χ3v) is 5.22. The van der Waals surface area contributed by atoms with E-state index in [1.165, 1.54) is 6.92 Å². The third-order valence-electron chi connectivity index (χ3n) is 5.22. The summed E-state index contributed by atoms with van der Waals surface area (Å²) in [6.07, 6.45) is 0. The molecule has 0 aliphatic heterocycles. The van der Waals surface area contributed by atoms with E-state index < -0.39 is 0 Å². The molecule has 2 rings (SSSR count). The zero-order valence-electron chi connectivity index (χ0n) is 18.8. The molecule has 0 spiro atoms. The highest BCUT2D eigenvalue weighted by molar-refractivity contribution is 5.93. The second kappa shape index (κ2) is 11.9. The minimum Gasteiger partial charge on any atom is -0.334 e. The normalized spacial score (nSPS) is 12.5. The van der Waals surface area contributed by atoms with Crippen molar-refractivity contribution in [3.63, 3.8) is 0 Å². The van der Waals surface area contributed by atoms with Crippen LogP contribution in [0.3, 0.4) is 0 Å². The van der Waals surface area contributed by atoms with Crippen molar-refractivity contribution in [2.75, 3.05) is 30.3 Å². The number of carbonyl (C=O) groups is 3. The summed E-state index contributed by atoms with van der Waals surface area (Å²) in [6.45, 7) is 9.29. The van der Waals surface area contributed by atoms with Crippen LogP contribution >= 0.6 is 0 Å². The van der Waals surface area contributed by atoms with Gasteiger partial charge in [-0.1, -0.05) is 30.3 Å². The number of hydrogen-bond donors (Lipinski definition) is 3. The fraction of sp³-hybridized carbons (Fsp3) is 0.375. The first-order chi connectivity index (χ1) is 14.8. The topological polar surface area (TPSA) is 83.0 Å². The van der Waals surface area contributed by atoms with Crippen molar-refractivity contribution in [3.8, 4) is 0 Å². The van der Waals surface area contributed by atoms with Gasteiger partial charge in [0.1, 0.15) is 0 Å². The highest BCUT2D eigenvalue weighted by atomic mass is 16.2. The van der Waals surface area contributed by atoms with Crippen LogP contribution in [0.1, 0.15) is 33.3 Å². The molecule has 0 aromatic heterocycles. The lowest BCUT2D eigenvalue weighted by atomic mass is 10.1. The molecule has 0 fully saturated rings. The Bertz CT molecular complexity index is 868. The molecule has 3 N–H and O–H groups in total. The van der Waals surface area contributed by atoms with Gasteiger partial charge in [-0.25, -0.2) is 0 Å². The van der Waals surface area contributed by atoms with Crippen LogP contribution in [0.25, 0.3) is 0 Å². The Morgan fingerprint density at radius 1 is 0.935 bits per heavy atom. The van der Waals surface area contributed by atoms with E-state index in [4.69, 9.17) is 0 Å². The molecule has 7 nitrogen and oxygen atoms in total. The molecule has 2 aromatic carbocycles. The maximum Gasteiger partial charge on any atom is 0.280 e. The van der Waals surface area contributed by atoms with Crippen molar-refractivity contribution in [1.29, 1.82) is 0 Å². The van der Waals surface area contributed by atoms with E-state index in [0.29, 0.717) is 31.0 Å². The quantitative estimate of drug-likeness (QED) is 0.544. The van der Waals surface area contributed by atoms with Crippen LogP contribution in [-0.2, 0) is 20.9 Å². The van der Waals surface area contributed by atoms with E-state index in [2.05, 4.69) is 10.6 Å². The molecule has 3 amide bonds. The average Bonchev–Trinajstić information content (AvgIpc) is 2.76. The van der Waals surface area contributed by atoms with Crippen LogP contribution in [0.2, 0.25) is 0 Å². The SMILES string of the molecule is CCN(Cc1ccccc1)C(=O)[C@H](C)[NH+](CC)CC(=O)Nc1ccc(NC(C)=O)cc1. The van der Waals surface area contributed by atoms with Gasteiger partial charge >= 0.3 is 0 Å². The van der Waals surface area contributed by atoms with Crippen LogP contribution in [0.4, 0.5) is 11.4 Å². The molecular weight excluding hydrogens is 392 g/mol. The molecule has 31 heavy (non-hydrogen) atoms. The van der Waals surface area contributed by atoms with Gasteiger partial charge < -0.3 is 20.4 Å². The standard InChI is InChI=1S/C24H32N4O3/c1-5-27(17-23(30)26-22-14-12-21(13-15-22)25-19(4)29)18(3)24(31)28(6-2)16-20-10-8-7-9-11-20/h7-15,18H,5-6,16-17H2,1-4H3,(H,25,29)(H,26,30)/p+1/t18-/m0/s1. The Morgan fingerprint density at radius 2 is 1.52 bits per heavy atom. The van der Waals surface area contributed by atoms with Gasteiger partial charge in [-0.15, -0.1) is 0 Å². The number of quaternary nitrogens is 1. The predicted octanol–water partition coefficient (Wildman–Crippen LogP) is 1.93. The van der Waals surface area contributed by atoms with Crippen molar-refractivity contribution < 1.29 is 19.3 Å². The number of hydrogen-bond acceptors (Lipinski definition) is 3. The summed E-state index contributed by atoms with van der Waals surface area (Å²) in [5, 5.41) is 5.56. The first kappa shape index (κ1) is 24.1. The molecule has 2 aromatic rings. The number of likely N-dealkylation sites (N-methyl/N-ethyl adjacent to an activating group) is 2. The highest BCUT2D eigenvalue weighted by Crippen LogP contribution is 2.13. The van der Waals surface area contributed by atoms with Gasteiger partial charge in [-0.05, 0) is 50.6 Å². The Hall–Kier alpha value is -3.19. The minimum atomic E-state index is -0.332. The van der Waals surface area contributed by atoms with E-state index in [1.54, 1.807) is 24.3 Å². The second-order valence-electron chi connectivity index (χ2n) is 7.55. The molecule has 166 valence electrons. The Balaban J connectivity index is 1.95. The number of rotatable bonds is 10. The van der Waals surface area contributed by atoms with Crippen molar-refractivity contribution in [3.05, 3.63) is 60.2 Å². The number of anilines is 2. The molecule has 0 radical (unpaired) electrons. The zero-order valence-corrected chi connectivity index (χ0v) is 18.8. The van der Waals surface area contributed by atoms with Crippen molar-refractivity contribution >= 4 is 29.1 Å². The van der Waals surface area contributed by atoms with Crippen molar-refractivity contribution in [2.24, 2.45) is 0 Å². The van der Waals surface area contributed by atoms with E-state index in [0.717, 1.165) is 10.5 Å². The summed E-state index contributed by atoms with van der Waals surface area (Å²) in [4.78, 5) is 39.5. The van der Waals surface area contributed by atoms with Crippen LogP contribution < -0.4 is 15.5 Å². The smallest absolute Gasteiger partial charge is 0.280 e. The fourth-order valence-corrected chi connectivity index (χ4v) is 3.43. The lowest BCUT2D eigenvalue weighted by Crippen LogP contribution is -3.17. The number of benzene rings is 2. The van der Waals surface area contributed by atoms with Gasteiger partial charge in [-0.2, -0.15) is 0 Å². The molecule has 0 saturated heterocycles. The van der Waals surface area contributed by atoms with Gasteiger partial charge in [0.2, 0.25) is 5.91 Å². The summed E-state index contributed by atoms with van der Waals surface area (Å²) >= 11 is 0. The first-order valence-corrected chi connectivity index (χ1v) is 10.7. The highest BCUT2D eigenvalue weighted by Gasteiger charge is 2.29. The lowest BCUT2D eigenvalue weighted by Gasteiger charge is -2.29. The Labute approximate surface area is 184 Å².